The van der Waals surface area contributed by atoms with Gasteiger partial charge in [0.2, 0.25) is 6.86 Å². The molecule has 0 unspecified atom stereocenters. The standard InChI is InChI=1S/C5H4FNO2S/c6-3-9-5(8)4-1-2-7-10-4/h1-2H,3H2. The summed E-state index contributed by atoms with van der Waals surface area (Å²) in [6.45, 7) is -1.09. The first-order chi connectivity index (χ1) is 4.84. The van der Waals surface area contributed by atoms with Crippen LogP contribution < -0.4 is 0 Å². The molecule has 0 aliphatic carbocycles. The van der Waals surface area contributed by atoms with E-state index >= 15 is 0 Å². The number of hydrogen-bond acceptors (Lipinski definition) is 4. The molecule has 0 amide bonds. The third-order valence-electron chi connectivity index (χ3n) is 0.825. The molecule has 0 N–H and O–H groups in total. The van der Waals surface area contributed by atoms with E-state index in [1.807, 2.05) is 0 Å². The van der Waals surface area contributed by atoms with Gasteiger partial charge in [-0.15, -0.1) is 0 Å². The molecule has 1 rings (SSSR count). The maximum absolute atomic E-state index is 11.4. The lowest BCUT2D eigenvalue weighted by molar-refractivity contribution is 0.0330. The van der Waals surface area contributed by atoms with E-state index in [9.17, 15) is 9.18 Å². The van der Waals surface area contributed by atoms with Crippen molar-refractivity contribution in [3.63, 3.8) is 0 Å². The van der Waals surface area contributed by atoms with Gasteiger partial charge in [0.05, 0.1) is 0 Å². The molecule has 0 saturated heterocycles. The highest BCUT2D eigenvalue weighted by Crippen LogP contribution is 2.05. The highest BCUT2D eigenvalue weighted by molar-refractivity contribution is 7.07. The number of esters is 1. The normalized spacial score (nSPS) is 9.30. The van der Waals surface area contributed by atoms with Crippen molar-refractivity contribution >= 4 is 17.5 Å². The third kappa shape index (κ3) is 1.51. The van der Waals surface area contributed by atoms with E-state index in [1.54, 1.807) is 0 Å². The summed E-state index contributed by atoms with van der Waals surface area (Å²) in [4.78, 5) is 10.9. The first kappa shape index (κ1) is 7.14. The van der Waals surface area contributed by atoms with Crippen molar-refractivity contribution < 1.29 is 13.9 Å². The second-order valence-corrected chi connectivity index (χ2v) is 2.25. The Morgan fingerprint density at radius 2 is 2.70 bits per heavy atom. The molecule has 0 aliphatic heterocycles. The minimum Gasteiger partial charge on any atom is -0.429 e. The Morgan fingerprint density at radius 3 is 3.20 bits per heavy atom. The molecule has 54 valence electrons. The molecule has 0 saturated carbocycles. The van der Waals surface area contributed by atoms with Crippen LogP contribution in [-0.2, 0) is 4.74 Å². The summed E-state index contributed by atoms with van der Waals surface area (Å²) >= 11 is 0.980. The van der Waals surface area contributed by atoms with Gasteiger partial charge in [-0.25, -0.2) is 13.6 Å². The lowest BCUT2D eigenvalue weighted by Crippen LogP contribution is -2.00. The van der Waals surface area contributed by atoms with Gasteiger partial charge >= 0.3 is 5.97 Å². The van der Waals surface area contributed by atoms with Crippen LogP contribution in [0.3, 0.4) is 0 Å². The summed E-state index contributed by atoms with van der Waals surface area (Å²) in [5, 5.41) is 0. The predicted molar refractivity (Wildman–Crippen MR) is 33.5 cm³/mol. The van der Waals surface area contributed by atoms with Crippen LogP contribution in [0.4, 0.5) is 4.39 Å². The fourth-order valence-electron chi connectivity index (χ4n) is 0.442. The van der Waals surface area contributed by atoms with Gasteiger partial charge in [0.15, 0.2) is 0 Å². The monoisotopic (exact) mass is 161 g/mol. The number of alkyl halides is 1. The van der Waals surface area contributed by atoms with Crippen LogP contribution in [-0.4, -0.2) is 17.2 Å². The Kier molecular flexibility index (Phi) is 2.33. The lowest BCUT2D eigenvalue weighted by Gasteiger charge is -1.92. The predicted octanol–water partition coefficient (Wildman–Crippen LogP) is 1.23. The minimum atomic E-state index is -1.09. The maximum atomic E-state index is 11.4. The van der Waals surface area contributed by atoms with Crippen molar-refractivity contribution in [1.29, 1.82) is 0 Å². The molecule has 10 heavy (non-hydrogen) atoms. The fourth-order valence-corrected chi connectivity index (χ4v) is 0.932. The number of aromatic nitrogens is 1. The van der Waals surface area contributed by atoms with E-state index in [4.69, 9.17) is 0 Å². The Hall–Kier alpha value is -0.970. The van der Waals surface area contributed by atoms with Gasteiger partial charge in [0, 0.05) is 6.20 Å². The van der Waals surface area contributed by atoms with E-state index in [1.165, 1.54) is 12.3 Å². The number of nitrogens with zero attached hydrogens (tertiary/aromatic N) is 1. The molecule has 0 spiro atoms. The number of carbonyl (C=O) groups excluding carboxylic acids is 1. The SMILES string of the molecule is O=C(OCF)c1ccns1. The molecule has 1 heterocycles. The number of carbonyl (C=O) groups is 1. The first-order valence-electron chi connectivity index (χ1n) is 2.48. The second kappa shape index (κ2) is 3.26. The van der Waals surface area contributed by atoms with Crippen molar-refractivity contribution in [1.82, 2.24) is 4.37 Å². The van der Waals surface area contributed by atoms with E-state index in [0.717, 1.165) is 11.5 Å². The van der Waals surface area contributed by atoms with Gasteiger partial charge in [-0.2, -0.15) is 0 Å². The van der Waals surface area contributed by atoms with E-state index < -0.39 is 12.8 Å². The molecule has 1 aromatic heterocycles. The molecule has 5 heteroatoms. The van der Waals surface area contributed by atoms with E-state index in [-0.39, 0.29) is 0 Å². The maximum Gasteiger partial charge on any atom is 0.352 e. The van der Waals surface area contributed by atoms with Crippen molar-refractivity contribution in [2.24, 2.45) is 0 Å². The average molecular weight is 161 g/mol. The molecule has 0 aromatic carbocycles. The summed E-state index contributed by atoms with van der Waals surface area (Å²) in [5.41, 5.74) is 0. The number of hydrogen-bond donors (Lipinski definition) is 0. The number of rotatable bonds is 2. The van der Waals surface area contributed by atoms with Crippen molar-refractivity contribution in [2.75, 3.05) is 6.86 Å². The van der Waals surface area contributed by atoms with Crippen LogP contribution >= 0.6 is 11.5 Å². The lowest BCUT2D eigenvalue weighted by atomic mass is 10.5. The van der Waals surface area contributed by atoms with Crippen molar-refractivity contribution in [3.8, 4) is 0 Å². The zero-order chi connectivity index (χ0) is 7.40. The molecule has 0 bridgehead atoms. The van der Waals surface area contributed by atoms with Crippen LogP contribution in [0.5, 0.6) is 0 Å². The Balaban J connectivity index is 2.59. The molecule has 1 aromatic rings. The van der Waals surface area contributed by atoms with Gasteiger partial charge in [0.25, 0.3) is 0 Å². The van der Waals surface area contributed by atoms with Crippen LogP contribution in [0.15, 0.2) is 12.3 Å². The van der Waals surface area contributed by atoms with Crippen LogP contribution in [0.1, 0.15) is 9.67 Å². The van der Waals surface area contributed by atoms with Gasteiger partial charge < -0.3 is 4.74 Å². The average Bonchev–Trinajstić information content (AvgIpc) is 2.38. The molecule has 0 aliphatic rings. The highest BCUT2D eigenvalue weighted by Gasteiger charge is 2.06. The first-order valence-corrected chi connectivity index (χ1v) is 3.25. The summed E-state index contributed by atoms with van der Waals surface area (Å²) in [5.74, 6) is -0.662. The zero-order valence-corrected chi connectivity index (χ0v) is 5.73. The van der Waals surface area contributed by atoms with Gasteiger partial charge in [-0.3, -0.25) is 0 Å². The van der Waals surface area contributed by atoms with Gasteiger partial charge in [-0.05, 0) is 17.6 Å². The van der Waals surface area contributed by atoms with Crippen LogP contribution in [0.2, 0.25) is 0 Å². The highest BCUT2D eigenvalue weighted by atomic mass is 32.1. The van der Waals surface area contributed by atoms with Crippen molar-refractivity contribution in [3.05, 3.63) is 17.1 Å². The number of ether oxygens (including phenoxy) is 1. The number of halogens is 1. The van der Waals surface area contributed by atoms with Crippen LogP contribution in [0, 0.1) is 0 Å². The van der Waals surface area contributed by atoms with Gasteiger partial charge in [-0.1, -0.05) is 0 Å². The Bertz CT molecular complexity index is 211. The second-order valence-electron chi connectivity index (χ2n) is 1.42. The fraction of sp³-hybridized carbons (Fsp3) is 0.200. The third-order valence-corrected chi connectivity index (χ3v) is 1.55. The van der Waals surface area contributed by atoms with Crippen LogP contribution in [0.25, 0.3) is 0 Å². The Morgan fingerprint density at radius 1 is 1.90 bits per heavy atom. The summed E-state index contributed by atoms with van der Waals surface area (Å²) in [6, 6.07) is 1.47. The smallest absolute Gasteiger partial charge is 0.352 e. The summed E-state index contributed by atoms with van der Waals surface area (Å²) < 4.78 is 19.1. The zero-order valence-electron chi connectivity index (χ0n) is 4.91. The van der Waals surface area contributed by atoms with E-state index in [0.29, 0.717) is 4.88 Å². The molecule has 0 fully saturated rings. The molecule has 0 radical (unpaired) electrons. The molecule has 3 nitrogen and oxygen atoms in total. The van der Waals surface area contributed by atoms with Crippen molar-refractivity contribution in [2.45, 2.75) is 0 Å². The molecular formula is C5H4FNO2S. The quantitative estimate of drug-likeness (QED) is 0.612. The Labute approximate surface area is 60.6 Å². The summed E-state index contributed by atoms with van der Waals surface area (Å²) in [6.07, 6.45) is 1.46. The largest absolute Gasteiger partial charge is 0.429 e. The minimum absolute atomic E-state index is 0.317. The van der Waals surface area contributed by atoms with Gasteiger partial charge in [0.1, 0.15) is 4.88 Å². The van der Waals surface area contributed by atoms with E-state index in [2.05, 4.69) is 9.11 Å². The summed E-state index contributed by atoms with van der Waals surface area (Å²) in [7, 11) is 0. The molecular weight excluding hydrogens is 157 g/mol. The topological polar surface area (TPSA) is 39.2 Å². The molecule has 0 atom stereocenters.